The minimum absolute atomic E-state index is 0.0882. The van der Waals surface area contributed by atoms with Crippen molar-refractivity contribution in [2.24, 2.45) is 0 Å². The second-order valence-electron chi connectivity index (χ2n) is 6.25. The monoisotopic (exact) mass is 391 g/mol. The van der Waals surface area contributed by atoms with E-state index in [1.54, 1.807) is 26.0 Å². The van der Waals surface area contributed by atoms with E-state index in [9.17, 15) is 23.3 Å². The van der Waals surface area contributed by atoms with Gasteiger partial charge in [0.1, 0.15) is 0 Å². The van der Waals surface area contributed by atoms with Gasteiger partial charge in [0.2, 0.25) is 10.0 Å². The van der Waals surface area contributed by atoms with Crippen LogP contribution in [0.5, 0.6) is 0 Å². The second kappa shape index (κ2) is 8.28. The Morgan fingerprint density at radius 3 is 2.15 bits per heavy atom. The van der Waals surface area contributed by atoms with Crippen LogP contribution < -0.4 is 5.32 Å². The smallest absolute Gasteiger partial charge is 0.269 e. The Hall–Kier alpha value is -2.78. The fraction of sp³-hybridized carbons (Fsp3) is 0.278. The molecule has 0 aromatic heterocycles. The van der Waals surface area contributed by atoms with Crippen molar-refractivity contribution in [1.29, 1.82) is 0 Å². The number of nitrogens with one attached hydrogen (secondary N) is 1. The van der Waals surface area contributed by atoms with Crippen molar-refractivity contribution in [1.82, 2.24) is 9.62 Å². The van der Waals surface area contributed by atoms with Crippen LogP contribution in [-0.4, -0.2) is 36.6 Å². The van der Waals surface area contributed by atoms with E-state index in [-0.39, 0.29) is 29.1 Å². The largest absolute Gasteiger partial charge is 0.348 e. The molecule has 2 rings (SSSR count). The van der Waals surface area contributed by atoms with Gasteiger partial charge >= 0.3 is 0 Å². The predicted octanol–water partition coefficient (Wildman–Crippen LogP) is 2.55. The Morgan fingerprint density at radius 1 is 1.11 bits per heavy atom. The molecule has 0 aliphatic rings. The molecule has 0 radical (unpaired) electrons. The number of carbonyl (C=O) groups is 1. The molecule has 27 heavy (non-hydrogen) atoms. The van der Waals surface area contributed by atoms with E-state index in [0.717, 1.165) is 5.56 Å². The SMILES string of the molecule is CC(C)N(C)S(=O)(=O)c1ccc(CNC(=O)c2ccc([N+](=O)[O-])cc2)cc1. The molecule has 0 fully saturated rings. The fourth-order valence-corrected chi connectivity index (χ4v) is 3.61. The van der Waals surface area contributed by atoms with E-state index >= 15 is 0 Å². The first-order valence-electron chi connectivity index (χ1n) is 8.22. The lowest BCUT2D eigenvalue weighted by Gasteiger charge is -2.21. The summed E-state index contributed by atoms with van der Waals surface area (Å²) in [5.74, 6) is -0.374. The molecule has 0 aliphatic heterocycles. The number of sulfonamides is 1. The Kier molecular flexibility index (Phi) is 6.29. The number of hydrogen-bond donors (Lipinski definition) is 1. The van der Waals surface area contributed by atoms with E-state index in [1.165, 1.54) is 47.8 Å². The molecular weight excluding hydrogens is 370 g/mol. The summed E-state index contributed by atoms with van der Waals surface area (Å²) in [7, 11) is -2.02. The summed E-state index contributed by atoms with van der Waals surface area (Å²) in [6.07, 6.45) is 0. The first-order valence-corrected chi connectivity index (χ1v) is 9.66. The molecule has 0 saturated carbocycles. The van der Waals surface area contributed by atoms with Gasteiger partial charge in [-0.2, -0.15) is 4.31 Å². The summed E-state index contributed by atoms with van der Waals surface area (Å²) < 4.78 is 26.1. The van der Waals surface area contributed by atoms with Gasteiger partial charge in [-0.05, 0) is 43.7 Å². The van der Waals surface area contributed by atoms with Crippen LogP contribution in [0.1, 0.15) is 29.8 Å². The van der Waals surface area contributed by atoms with Gasteiger partial charge in [0, 0.05) is 37.3 Å². The maximum absolute atomic E-state index is 12.4. The molecule has 0 bridgehead atoms. The van der Waals surface area contributed by atoms with E-state index in [4.69, 9.17) is 0 Å². The minimum atomic E-state index is -3.55. The molecule has 0 aliphatic carbocycles. The highest BCUT2D eigenvalue weighted by Gasteiger charge is 2.22. The van der Waals surface area contributed by atoms with Crippen molar-refractivity contribution in [2.75, 3.05) is 7.05 Å². The molecule has 9 heteroatoms. The lowest BCUT2D eigenvalue weighted by molar-refractivity contribution is -0.384. The summed E-state index contributed by atoms with van der Waals surface area (Å²) in [5.41, 5.74) is 0.949. The van der Waals surface area contributed by atoms with Crippen LogP contribution >= 0.6 is 0 Å². The molecule has 1 amide bonds. The molecule has 144 valence electrons. The lowest BCUT2D eigenvalue weighted by Crippen LogP contribution is -2.33. The standard InChI is InChI=1S/C18H21N3O5S/c1-13(2)20(3)27(25,26)17-10-4-14(5-11-17)12-19-18(22)15-6-8-16(9-7-15)21(23)24/h4-11,13H,12H2,1-3H3,(H,19,22). The van der Waals surface area contributed by atoms with E-state index in [2.05, 4.69) is 5.32 Å². The molecular formula is C18H21N3O5S. The zero-order valence-corrected chi connectivity index (χ0v) is 16.1. The molecule has 8 nitrogen and oxygen atoms in total. The van der Waals surface area contributed by atoms with E-state index in [1.807, 2.05) is 0 Å². The van der Waals surface area contributed by atoms with Crippen molar-refractivity contribution >= 4 is 21.6 Å². The van der Waals surface area contributed by atoms with Gasteiger partial charge in [-0.3, -0.25) is 14.9 Å². The van der Waals surface area contributed by atoms with Crippen LogP contribution in [0, 0.1) is 10.1 Å². The third-order valence-electron chi connectivity index (χ3n) is 4.12. The average molecular weight is 391 g/mol. The first-order chi connectivity index (χ1) is 12.6. The quantitative estimate of drug-likeness (QED) is 0.576. The summed E-state index contributed by atoms with van der Waals surface area (Å²) in [6, 6.07) is 11.4. The van der Waals surface area contributed by atoms with Crippen LogP contribution in [-0.2, 0) is 16.6 Å². The highest BCUT2D eigenvalue weighted by atomic mass is 32.2. The molecule has 0 spiro atoms. The Balaban J connectivity index is 2.02. The topological polar surface area (TPSA) is 110 Å². The average Bonchev–Trinajstić information content (AvgIpc) is 2.65. The molecule has 2 aromatic rings. The van der Waals surface area contributed by atoms with Crippen molar-refractivity contribution in [3.8, 4) is 0 Å². The van der Waals surface area contributed by atoms with Gasteiger partial charge in [0.05, 0.1) is 9.82 Å². The number of hydrogen-bond acceptors (Lipinski definition) is 5. The van der Waals surface area contributed by atoms with Crippen LogP contribution in [0.3, 0.4) is 0 Å². The van der Waals surface area contributed by atoms with Crippen LogP contribution in [0.2, 0.25) is 0 Å². The molecule has 0 unspecified atom stereocenters. The van der Waals surface area contributed by atoms with Crippen LogP contribution in [0.15, 0.2) is 53.4 Å². The number of rotatable bonds is 7. The highest BCUT2D eigenvalue weighted by Crippen LogP contribution is 2.17. The Labute approximate surface area is 158 Å². The zero-order chi connectivity index (χ0) is 20.2. The summed E-state index contributed by atoms with van der Waals surface area (Å²) >= 11 is 0. The second-order valence-corrected chi connectivity index (χ2v) is 8.24. The number of carbonyl (C=O) groups excluding carboxylic acids is 1. The number of non-ortho nitro benzene ring substituents is 1. The number of nitro benzene ring substituents is 1. The van der Waals surface area contributed by atoms with Crippen molar-refractivity contribution in [2.45, 2.75) is 31.3 Å². The number of nitro groups is 1. The van der Waals surface area contributed by atoms with Crippen molar-refractivity contribution in [3.05, 3.63) is 69.8 Å². The molecule has 2 aromatic carbocycles. The van der Waals surface area contributed by atoms with Crippen LogP contribution in [0.25, 0.3) is 0 Å². The van der Waals surface area contributed by atoms with Gasteiger partial charge < -0.3 is 5.32 Å². The predicted molar refractivity (Wildman–Crippen MR) is 101 cm³/mol. The van der Waals surface area contributed by atoms with Crippen molar-refractivity contribution < 1.29 is 18.1 Å². The summed E-state index contributed by atoms with van der Waals surface area (Å²) in [6.45, 7) is 3.79. The van der Waals surface area contributed by atoms with Crippen LogP contribution in [0.4, 0.5) is 5.69 Å². The van der Waals surface area contributed by atoms with E-state index in [0.29, 0.717) is 5.56 Å². The van der Waals surface area contributed by atoms with Gasteiger partial charge in [0.15, 0.2) is 0 Å². The Bertz CT molecular complexity index is 922. The lowest BCUT2D eigenvalue weighted by atomic mass is 10.2. The normalized spacial score (nSPS) is 11.6. The fourth-order valence-electron chi connectivity index (χ4n) is 2.24. The minimum Gasteiger partial charge on any atom is -0.348 e. The summed E-state index contributed by atoms with van der Waals surface area (Å²) in [4.78, 5) is 22.4. The zero-order valence-electron chi connectivity index (χ0n) is 15.2. The van der Waals surface area contributed by atoms with Gasteiger partial charge in [-0.25, -0.2) is 8.42 Å². The molecule has 1 N–H and O–H groups in total. The number of nitrogens with zero attached hydrogens (tertiary/aromatic N) is 2. The number of benzene rings is 2. The maximum Gasteiger partial charge on any atom is 0.269 e. The van der Waals surface area contributed by atoms with Gasteiger partial charge in [0.25, 0.3) is 11.6 Å². The van der Waals surface area contributed by atoms with Gasteiger partial charge in [-0.1, -0.05) is 12.1 Å². The number of amides is 1. The maximum atomic E-state index is 12.4. The van der Waals surface area contributed by atoms with E-state index < -0.39 is 14.9 Å². The highest BCUT2D eigenvalue weighted by molar-refractivity contribution is 7.89. The van der Waals surface area contributed by atoms with Crippen molar-refractivity contribution in [3.63, 3.8) is 0 Å². The molecule has 0 saturated heterocycles. The summed E-state index contributed by atoms with van der Waals surface area (Å²) in [5, 5.41) is 13.3. The third-order valence-corrected chi connectivity index (χ3v) is 6.17. The van der Waals surface area contributed by atoms with Gasteiger partial charge in [-0.15, -0.1) is 0 Å². The third kappa shape index (κ3) is 4.89. The first kappa shape index (κ1) is 20.5. The molecule has 0 heterocycles. The Morgan fingerprint density at radius 2 is 1.67 bits per heavy atom. The molecule has 0 atom stereocenters.